The van der Waals surface area contributed by atoms with E-state index in [1.807, 2.05) is 47.9 Å². The van der Waals surface area contributed by atoms with E-state index in [1.54, 1.807) is 18.5 Å². The summed E-state index contributed by atoms with van der Waals surface area (Å²) >= 11 is 1.44. The van der Waals surface area contributed by atoms with Gasteiger partial charge in [-0.3, -0.25) is 19.7 Å². The number of ether oxygens (including phenoxy) is 2. The number of hydrogen-bond donors (Lipinski definition) is 0. The highest BCUT2D eigenvalue weighted by atomic mass is 32.2. The summed E-state index contributed by atoms with van der Waals surface area (Å²) < 4.78 is 13.0. The van der Waals surface area contributed by atoms with Gasteiger partial charge >= 0.3 is 0 Å². The second kappa shape index (κ2) is 9.00. The number of thioether (sulfide) groups is 1. The number of non-ortho nitro benzene ring substituents is 1. The zero-order valence-corrected chi connectivity index (χ0v) is 18.5. The summed E-state index contributed by atoms with van der Waals surface area (Å²) in [6.07, 6.45) is 3.43. The molecule has 0 unspecified atom stereocenters. The topological polar surface area (TPSA) is 105 Å². The fourth-order valence-corrected chi connectivity index (χ4v) is 4.63. The van der Waals surface area contributed by atoms with Gasteiger partial charge in [-0.1, -0.05) is 30.0 Å². The lowest BCUT2D eigenvalue weighted by atomic mass is 10.1. The molecule has 0 saturated carbocycles. The van der Waals surface area contributed by atoms with Crippen LogP contribution >= 0.6 is 11.8 Å². The highest BCUT2D eigenvalue weighted by Crippen LogP contribution is 2.37. The normalized spacial score (nSPS) is 12.8. The fraction of sp³-hybridized carbons (Fsp3) is 0.174. The van der Waals surface area contributed by atoms with Crippen LogP contribution in [-0.4, -0.2) is 31.5 Å². The monoisotopic (exact) mass is 461 g/mol. The predicted molar refractivity (Wildman–Crippen MR) is 122 cm³/mol. The van der Waals surface area contributed by atoms with Crippen LogP contribution < -0.4 is 4.74 Å². The number of fused-ring (bicyclic) bond motifs is 1. The highest BCUT2D eigenvalue weighted by Gasteiger charge is 2.23. The summed E-state index contributed by atoms with van der Waals surface area (Å²) in [5, 5.41) is 21.0. The van der Waals surface area contributed by atoms with Crippen molar-refractivity contribution < 1.29 is 14.4 Å². The summed E-state index contributed by atoms with van der Waals surface area (Å²) in [6, 6.07) is 14.8. The van der Waals surface area contributed by atoms with Crippen LogP contribution in [0.5, 0.6) is 5.75 Å². The summed E-state index contributed by atoms with van der Waals surface area (Å²) in [5.74, 6) is 1.75. The van der Waals surface area contributed by atoms with Crippen LogP contribution in [0.15, 0.2) is 66.1 Å². The van der Waals surface area contributed by atoms with E-state index in [4.69, 9.17) is 9.47 Å². The van der Waals surface area contributed by atoms with E-state index in [0.29, 0.717) is 28.0 Å². The number of aromatic nitrogens is 4. The van der Waals surface area contributed by atoms with E-state index in [-0.39, 0.29) is 19.1 Å². The minimum atomic E-state index is -0.402. The zero-order chi connectivity index (χ0) is 22.8. The molecule has 3 heterocycles. The van der Waals surface area contributed by atoms with Crippen molar-refractivity contribution in [1.29, 1.82) is 0 Å². The van der Waals surface area contributed by atoms with Crippen molar-refractivity contribution >= 4 is 17.4 Å². The fourth-order valence-electron chi connectivity index (χ4n) is 3.72. The van der Waals surface area contributed by atoms with Crippen LogP contribution in [0, 0.1) is 17.0 Å². The van der Waals surface area contributed by atoms with E-state index in [0.717, 1.165) is 22.4 Å². The molecule has 0 N–H and O–H groups in total. The van der Waals surface area contributed by atoms with Gasteiger partial charge in [0, 0.05) is 47.0 Å². The van der Waals surface area contributed by atoms with E-state index in [9.17, 15) is 10.1 Å². The smallest absolute Gasteiger partial charge is 0.270 e. The van der Waals surface area contributed by atoms with Gasteiger partial charge in [0.2, 0.25) is 0 Å². The van der Waals surface area contributed by atoms with Crippen molar-refractivity contribution in [3.63, 3.8) is 0 Å². The lowest BCUT2D eigenvalue weighted by Gasteiger charge is -2.20. The summed E-state index contributed by atoms with van der Waals surface area (Å²) in [5.41, 5.74) is 4.32. The first-order chi connectivity index (χ1) is 16.1. The highest BCUT2D eigenvalue weighted by molar-refractivity contribution is 7.98. The first-order valence-corrected chi connectivity index (χ1v) is 11.2. The van der Waals surface area contributed by atoms with Gasteiger partial charge in [0.05, 0.1) is 17.2 Å². The molecular weight excluding hydrogens is 442 g/mol. The molecule has 10 heteroatoms. The lowest BCUT2D eigenvalue weighted by Crippen LogP contribution is -2.13. The third-order valence-electron chi connectivity index (χ3n) is 5.27. The Balaban J connectivity index is 1.55. The summed E-state index contributed by atoms with van der Waals surface area (Å²) in [7, 11) is 0. The summed E-state index contributed by atoms with van der Waals surface area (Å²) in [6.45, 7) is 2.43. The number of benzene rings is 2. The van der Waals surface area contributed by atoms with Gasteiger partial charge in [-0.05, 0) is 30.7 Å². The second-order valence-corrected chi connectivity index (χ2v) is 8.36. The van der Waals surface area contributed by atoms with Gasteiger partial charge in [-0.15, -0.1) is 10.2 Å². The molecule has 2 aromatic heterocycles. The molecule has 2 aromatic carbocycles. The average molecular weight is 462 g/mol. The molecule has 0 spiro atoms. The van der Waals surface area contributed by atoms with Gasteiger partial charge in [-0.25, -0.2) is 0 Å². The Labute approximate surface area is 193 Å². The quantitative estimate of drug-likeness (QED) is 0.231. The molecule has 1 aliphatic heterocycles. The largest absolute Gasteiger partial charge is 0.467 e. The van der Waals surface area contributed by atoms with Crippen LogP contribution in [0.2, 0.25) is 0 Å². The molecule has 0 atom stereocenters. The molecule has 0 fully saturated rings. The van der Waals surface area contributed by atoms with Gasteiger partial charge in [0.15, 0.2) is 17.8 Å². The van der Waals surface area contributed by atoms with Crippen LogP contribution in [0.1, 0.15) is 16.7 Å². The van der Waals surface area contributed by atoms with Crippen LogP contribution in [0.4, 0.5) is 5.69 Å². The maximum absolute atomic E-state index is 11.4. The first-order valence-electron chi connectivity index (χ1n) is 10.2. The molecule has 0 amide bonds. The molecule has 0 aliphatic carbocycles. The maximum Gasteiger partial charge on any atom is 0.270 e. The van der Waals surface area contributed by atoms with E-state index >= 15 is 0 Å². The number of hydrogen-bond acceptors (Lipinski definition) is 8. The number of nitro groups is 1. The number of nitrogens with zero attached hydrogens (tertiary/aromatic N) is 5. The number of pyridine rings is 1. The Morgan fingerprint density at radius 3 is 2.76 bits per heavy atom. The molecule has 0 bridgehead atoms. The van der Waals surface area contributed by atoms with Crippen LogP contribution in [0.25, 0.3) is 17.1 Å². The van der Waals surface area contributed by atoms with Crippen molar-refractivity contribution in [3.8, 4) is 22.8 Å². The van der Waals surface area contributed by atoms with Crippen molar-refractivity contribution in [2.45, 2.75) is 24.4 Å². The number of rotatable bonds is 6. The third kappa shape index (κ3) is 4.18. The number of aryl methyl sites for hydroxylation is 1. The second-order valence-electron chi connectivity index (χ2n) is 7.41. The minimum absolute atomic E-state index is 0.0105. The molecule has 166 valence electrons. The van der Waals surface area contributed by atoms with Crippen LogP contribution in [0.3, 0.4) is 0 Å². The Morgan fingerprint density at radius 2 is 1.97 bits per heavy atom. The molecule has 4 aromatic rings. The van der Waals surface area contributed by atoms with Crippen molar-refractivity contribution in [3.05, 3.63) is 87.7 Å². The maximum atomic E-state index is 11.4. The third-order valence-corrected chi connectivity index (χ3v) is 6.25. The number of nitro benzene ring substituents is 1. The van der Waals surface area contributed by atoms with Gasteiger partial charge in [0.1, 0.15) is 5.75 Å². The molecular formula is C23H19N5O4S. The predicted octanol–water partition coefficient (Wildman–Crippen LogP) is 4.70. The first kappa shape index (κ1) is 21.1. The standard InChI is InChI=1S/C23H19N5O4S/c1-15-4-2-3-5-20(15)27-22(16-6-8-24-9-7-16)25-26-23(27)33-13-18-11-19(28(29)30)10-17-12-31-14-32-21(17)18/h2-11H,12-14H2,1H3. The van der Waals surface area contributed by atoms with E-state index in [1.165, 1.54) is 17.8 Å². The summed E-state index contributed by atoms with van der Waals surface area (Å²) in [4.78, 5) is 15.1. The molecule has 33 heavy (non-hydrogen) atoms. The Morgan fingerprint density at radius 1 is 1.15 bits per heavy atom. The molecule has 5 rings (SSSR count). The van der Waals surface area contributed by atoms with E-state index < -0.39 is 4.92 Å². The average Bonchev–Trinajstić information content (AvgIpc) is 3.27. The van der Waals surface area contributed by atoms with Crippen molar-refractivity contribution in [2.24, 2.45) is 0 Å². The van der Waals surface area contributed by atoms with E-state index in [2.05, 4.69) is 15.2 Å². The zero-order valence-electron chi connectivity index (χ0n) is 17.7. The Bertz CT molecular complexity index is 1330. The van der Waals surface area contributed by atoms with Crippen molar-refractivity contribution in [1.82, 2.24) is 19.7 Å². The molecule has 0 saturated heterocycles. The van der Waals surface area contributed by atoms with Gasteiger partial charge in [-0.2, -0.15) is 0 Å². The molecule has 1 aliphatic rings. The Hall–Kier alpha value is -3.76. The minimum Gasteiger partial charge on any atom is -0.467 e. The Kier molecular flexibility index (Phi) is 5.76. The number of para-hydroxylation sites is 1. The van der Waals surface area contributed by atoms with Gasteiger partial charge in [0.25, 0.3) is 5.69 Å². The van der Waals surface area contributed by atoms with Crippen LogP contribution in [-0.2, 0) is 17.1 Å². The molecule has 0 radical (unpaired) electrons. The lowest BCUT2D eigenvalue weighted by molar-refractivity contribution is -0.385. The van der Waals surface area contributed by atoms with Gasteiger partial charge < -0.3 is 9.47 Å². The molecule has 9 nitrogen and oxygen atoms in total. The van der Waals surface area contributed by atoms with Crippen molar-refractivity contribution in [2.75, 3.05) is 6.79 Å². The SMILES string of the molecule is Cc1ccccc1-n1c(SCc2cc([N+](=O)[O-])cc3c2OCOC3)nnc1-c1ccncc1.